The van der Waals surface area contributed by atoms with Gasteiger partial charge in [-0.1, -0.05) is 26.7 Å². The van der Waals surface area contributed by atoms with Gasteiger partial charge >= 0.3 is 0 Å². The van der Waals surface area contributed by atoms with Gasteiger partial charge in [0.25, 0.3) is 0 Å². The lowest BCUT2D eigenvalue weighted by Crippen LogP contribution is -2.62. The maximum Gasteiger partial charge on any atom is 0.0637 e. The Labute approximate surface area is 113 Å². The van der Waals surface area contributed by atoms with E-state index in [1.54, 1.807) is 0 Å². The van der Waals surface area contributed by atoms with Crippen molar-refractivity contribution in [1.29, 1.82) is 0 Å². The van der Waals surface area contributed by atoms with Gasteiger partial charge < -0.3 is 15.0 Å². The van der Waals surface area contributed by atoms with Gasteiger partial charge in [0.1, 0.15) is 0 Å². The molecule has 0 bridgehead atoms. The Morgan fingerprint density at radius 3 is 2.67 bits per heavy atom. The Kier molecular flexibility index (Phi) is 6.61. The molecule has 1 rings (SSSR count). The molecule has 18 heavy (non-hydrogen) atoms. The molecule has 1 saturated carbocycles. The van der Waals surface area contributed by atoms with E-state index in [1.165, 1.54) is 25.7 Å². The number of nitrogens with one attached hydrogen (secondary N) is 1. The summed E-state index contributed by atoms with van der Waals surface area (Å²) in [6.07, 6.45) is 6.38. The molecule has 3 heteroatoms. The predicted molar refractivity (Wildman–Crippen MR) is 78.0 cm³/mol. The second-order valence-corrected chi connectivity index (χ2v) is 6.12. The van der Waals surface area contributed by atoms with Gasteiger partial charge in [0.15, 0.2) is 0 Å². The fourth-order valence-corrected chi connectivity index (χ4v) is 3.45. The molecule has 3 nitrogen and oxygen atoms in total. The Balaban J connectivity index is 2.73. The highest BCUT2D eigenvalue weighted by atomic mass is 16.5. The van der Waals surface area contributed by atoms with Crippen molar-refractivity contribution in [2.45, 2.75) is 57.5 Å². The van der Waals surface area contributed by atoms with Crippen LogP contribution >= 0.6 is 0 Å². The van der Waals surface area contributed by atoms with Crippen molar-refractivity contribution in [2.24, 2.45) is 5.92 Å². The maximum atomic E-state index is 5.81. The zero-order chi connectivity index (χ0) is 13.6. The van der Waals surface area contributed by atoms with E-state index in [0.717, 1.165) is 25.6 Å². The number of ether oxygens (including phenoxy) is 1. The number of hydrogen-bond donors (Lipinski definition) is 1. The summed E-state index contributed by atoms with van der Waals surface area (Å²) < 4.78 is 5.81. The summed E-state index contributed by atoms with van der Waals surface area (Å²) in [7, 11) is 6.52. The maximum absolute atomic E-state index is 5.81. The van der Waals surface area contributed by atoms with Crippen molar-refractivity contribution < 1.29 is 4.74 Å². The van der Waals surface area contributed by atoms with Crippen molar-refractivity contribution in [1.82, 2.24) is 10.2 Å². The molecule has 0 aromatic carbocycles. The minimum atomic E-state index is 0.264. The first-order valence-electron chi connectivity index (χ1n) is 7.49. The average molecular weight is 256 g/mol. The normalized spacial score (nSPS) is 30.7. The molecule has 0 radical (unpaired) electrons. The molecule has 0 spiro atoms. The van der Waals surface area contributed by atoms with Gasteiger partial charge in [0.05, 0.1) is 6.61 Å². The quantitative estimate of drug-likeness (QED) is 0.708. The summed E-state index contributed by atoms with van der Waals surface area (Å²) in [6.45, 7) is 6.25. The van der Waals surface area contributed by atoms with Crippen LogP contribution in [0.15, 0.2) is 0 Å². The van der Waals surface area contributed by atoms with Gasteiger partial charge in [-0.05, 0) is 46.3 Å². The van der Waals surface area contributed by atoms with Crippen LogP contribution in [-0.2, 0) is 4.74 Å². The Morgan fingerprint density at radius 2 is 2.17 bits per heavy atom. The lowest BCUT2D eigenvalue weighted by atomic mass is 9.71. The first kappa shape index (κ1) is 15.9. The summed E-state index contributed by atoms with van der Waals surface area (Å²) in [5.74, 6) is 0.822. The number of likely N-dealkylation sites (N-methyl/N-ethyl adjacent to an activating group) is 2. The van der Waals surface area contributed by atoms with Gasteiger partial charge in [-0.25, -0.2) is 0 Å². The molecule has 1 aliphatic rings. The summed E-state index contributed by atoms with van der Waals surface area (Å²) in [4.78, 5) is 2.43. The Morgan fingerprint density at radius 1 is 1.44 bits per heavy atom. The van der Waals surface area contributed by atoms with Crippen LogP contribution in [0.5, 0.6) is 0 Å². The summed E-state index contributed by atoms with van der Waals surface area (Å²) in [6, 6.07) is 0.432. The average Bonchev–Trinajstić information content (AvgIpc) is 2.34. The fraction of sp³-hybridized carbons (Fsp3) is 1.00. The van der Waals surface area contributed by atoms with E-state index in [1.807, 2.05) is 0 Å². The zero-order valence-electron chi connectivity index (χ0n) is 13.0. The van der Waals surface area contributed by atoms with Crippen LogP contribution < -0.4 is 5.32 Å². The Hall–Kier alpha value is -0.120. The molecule has 3 unspecified atom stereocenters. The van der Waals surface area contributed by atoms with E-state index in [4.69, 9.17) is 4.74 Å². The molecular formula is C15H32N2O. The third-order valence-electron chi connectivity index (χ3n) is 4.53. The second-order valence-electron chi connectivity index (χ2n) is 6.12. The van der Waals surface area contributed by atoms with Gasteiger partial charge in [0.2, 0.25) is 0 Å². The van der Waals surface area contributed by atoms with E-state index in [2.05, 4.69) is 45.2 Å². The molecule has 0 aliphatic heterocycles. The molecule has 0 aromatic rings. The monoisotopic (exact) mass is 256 g/mol. The van der Waals surface area contributed by atoms with Gasteiger partial charge in [-0.2, -0.15) is 0 Å². The van der Waals surface area contributed by atoms with Crippen LogP contribution in [0.2, 0.25) is 0 Å². The first-order chi connectivity index (χ1) is 8.56. The third-order valence-corrected chi connectivity index (χ3v) is 4.53. The fourth-order valence-electron chi connectivity index (χ4n) is 3.45. The van der Waals surface area contributed by atoms with Crippen LogP contribution in [-0.4, -0.2) is 50.8 Å². The van der Waals surface area contributed by atoms with Crippen LogP contribution in [0, 0.1) is 5.92 Å². The van der Waals surface area contributed by atoms with E-state index < -0.39 is 0 Å². The van der Waals surface area contributed by atoms with E-state index in [0.29, 0.717) is 6.04 Å². The van der Waals surface area contributed by atoms with Crippen molar-refractivity contribution >= 4 is 0 Å². The van der Waals surface area contributed by atoms with Gasteiger partial charge in [-0.3, -0.25) is 0 Å². The molecule has 3 atom stereocenters. The molecular weight excluding hydrogens is 224 g/mol. The largest absolute Gasteiger partial charge is 0.380 e. The summed E-state index contributed by atoms with van der Waals surface area (Å²) in [5, 5.41) is 3.51. The van der Waals surface area contributed by atoms with E-state index >= 15 is 0 Å². The van der Waals surface area contributed by atoms with Crippen LogP contribution in [0.1, 0.15) is 46.0 Å². The zero-order valence-corrected chi connectivity index (χ0v) is 13.0. The highest BCUT2D eigenvalue weighted by Gasteiger charge is 2.43. The molecule has 1 aliphatic carbocycles. The lowest BCUT2D eigenvalue weighted by Gasteiger charge is -2.50. The molecule has 108 valence electrons. The SMILES string of the molecule is CCCOCC(NC)C1(N(C)C)CCCC(C)C1. The van der Waals surface area contributed by atoms with Crippen LogP contribution in [0.3, 0.4) is 0 Å². The minimum absolute atomic E-state index is 0.264. The highest BCUT2D eigenvalue weighted by Crippen LogP contribution is 2.38. The molecule has 0 heterocycles. The van der Waals surface area contributed by atoms with Crippen molar-refractivity contribution in [3.05, 3.63) is 0 Å². The van der Waals surface area contributed by atoms with Crippen molar-refractivity contribution in [3.8, 4) is 0 Å². The standard InChI is InChI=1S/C15H32N2O/c1-6-10-18-12-14(16-3)15(17(4)5)9-7-8-13(2)11-15/h13-14,16H,6-12H2,1-5H3. The molecule has 0 amide bonds. The predicted octanol–water partition coefficient (Wildman–Crippen LogP) is 2.51. The third kappa shape index (κ3) is 3.69. The summed E-state index contributed by atoms with van der Waals surface area (Å²) in [5.41, 5.74) is 0.264. The number of nitrogens with zero attached hydrogens (tertiary/aromatic N) is 1. The molecule has 1 N–H and O–H groups in total. The van der Waals surface area contributed by atoms with E-state index in [-0.39, 0.29) is 5.54 Å². The molecule has 0 saturated heterocycles. The topological polar surface area (TPSA) is 24.5 Å². The smallest absolute Gasteiger partial charge is 0.0637 e. The first-order valence-corrected chi connectivity index (χ1v) is 7.49. The molecule has 0 aromatic heterocycles. The van der Waals surface area contributed by atoms with E-state index in [9.17, 15) is 0 Å². The number of rotatable bonds is 7. The van der Waals surface area contributed by atoms with Gasteiger partial charge in [0, 0.05) is 18.2 Å². The lowest BCUT2D eigenvalue weighted by molar-refractivity contribution is -0.00160. The minimum Gasteiger partial charge on any atom is -0.380 e. The van der Waals surface area contributed by atoms with Crippen molar-refractivity contribution in [2.75, 3.05) is 34.4 Å². The van der Waals surface area contributed by atoms with Crippen molar-refractivity contribution in [3.63, 3.8) is 0 Å². The Bertz CT molecular complexity index is 233. The highest BCUT2D eigenvalue weighted by molar-refractivity contribution is 5.01. The van der Waals surface area contributed by atoms with Crippen LogP contribution in [0.25, 0.3) is 0 Å². The van der Waals surface area contributed by atoms with Crippen LogP contribution in [0.4, 0.5) is 0 Å². The van der Waals surface area contributed by atoms with Gasteiger partial charge in [-0.15, -0.1) is 0 Å². The second kappa shape index (κ2) is 7.46. The summed E-state index contributed by atoms with van der Waals surface area (Å²) >= 11 is 0. The number of hydrogen-bond acceptors (Lipinski definition) is 3. The molecule has 1 fully saturated rings.